The molecular weight excluding hydrogens is 454 g/mol. The summed E-state index contributed by atoms with van der Waals surface area (Å²) in [6.07, 6.45) is 10.6. The number of ether oxygens (including phenoxy) is 1. The topological polar surface area (TPSA) is 95.8 Å². The molecule has 4 rings (SSSR count). The minimum absolute atomic E-state index is 0.107. The van der Waals surface area contributed by atoms with Gasteiger partial charge in [-0.15, -0.1) is 0 Å². The van der Waals surface area contributed by atoms with Crippen LogP contribution in [0.5, 0.6) is 5.75 Å². The van der Waals surface area contributed by atoms with Crippen molar-refractivity contribution in [3.8, 4) is 5.75 Å². The molecule has 0 spiro atoms. The molecule has 0 radical (unpaired) electrons. The van der Waals surface area contributed by atoms with Crippen LogP contribution in [0.15, 0.2) is 55.0 Å². The lowest BCUT2D eigenvalue weighted by atomic mass is 9.79. The lowest BCUT2D eigenvalue weighted by molar-refractivity contribution is -0.139. The summed E-state index contributed by atoms with van der Waals surface area (Å²) < 4.78 is 5.36. The van der Waals surface area contributed by atoms with Crippen molar-refractivity contribution >= 4 is 16.9 Å². The van der Waals surface area contributed by atoms with Gasteiger partial charge in [0.05, 0.1) is 18.7 Å². The van der Waals surface area contributed by atoms with Gasteiger partial charge in [0, 0.05) is 36.9 Å². The van der Waals surface area contributed by atoms with Gasteiger partial charge in [-0.2, -0.15) is 0 Å². The lowest BCUT2D eigenvalue weighted by Gasteiger charge is -2.38. The van der Waals surface area contributed by atoms with Crippen molar-refractivity contribution in [3.05, 3.63) is 66.1 Å². The van der Waals surface area contributed by atoms with E-state index in [2.05, 4.69) is 20.9 Å². The molecule has 1 saturated heterocycles. The Labute approximate surface area is 213 Å². The number of likely N-dealkylation sites (tertiary alicyclic amines) is 1. The van der Waals surface area contributed by atoms with Crippen molar-refractivity contribution in [2.45, 2.75) is 51.0 Å². The Bertz CT molecular complexity index is 1120. The fourth-order valence-electron chi connectivity index (χ4n) is 5.50. The molecule has 3 heterocycles. The molecule has 3 atom stereocenters. The number of piperidine rings is 1. The zero-order valence-electron chi connectivity index (χ0n) is 21.1. The summed E-state index contributed by atoms with van der Waals surface area (Å²) in [7, 11) is 1.63. The maximum absolute atomic E-state index is 11.6. The SMILES string of the molecule is COc1ccc2nccc(C(O)CC[C@@H]3CCN(CCCCc4cccnc4)C[C@@H]3CC(=O)O)c2c1. The largest absolute Gasteiger partial charge is 0.497 e. The zero-order valence-corrected chi connectivity index (χ0v) is 21.1. The Morgan fingerprint density at radius 1 is 1.19 bits per heavy atom. The van der Waals surface area contributed by atoms with Crippen molar-refractivity contribution in [2.75, 3.05) is 26.7 Å². The van der Waals surface area contributed by atoms with Gasteiger partial charge in [0.1, 0.15) is 5.75 Å². The van der Waals surface area contributed by atoms with Crippen molar-refractivity contribution < 1.29 is 19.7 Å². The number of unbranched alkanes of at least 4 members (excludes halogenated alkanes) is 1. The van der Waals surface area contributed by atoms with Crippen LogP contribution in [0.4, 0.5) is 0 Å². The van der Waals surface area contributed by atoms with Crippen LogP contribution >= 0.6 is 0 Å². The van der Waals surface area contributed by atoms with E-state index in [1.165, 1.54) is 5.56 Å². The summed E-state index contributed by atoms with van der Waals surface area (Å²) in [6.45, 7) is 2.80. The maximum Gasteiger partial charge on any atom is 0.303 e. The van der Waals surface area contributed by atoms with E-state index in [-0.39, 0.29) is 12.3 Å². The fourth-order valence-corrected chi connectivity index (χ4v) is 5.50. The molecule has 2 aromatic heterocycles. The number of carboxylic acid groups (broad SMARTS) is 1. The van der Waals surface area contributed by atoms with Gasteiger partial charge >= 0.3 is 5.97 Å². The number of hydrogen-bond donors (Lipinski definition) is 2. The summed E-state index contributed by atoms with van der Waals surface area (Å²) in [5, 5.41) is 21.5. The van der Waals surface area contributed by atoms with Gasteiger partial charge in [-0.05, 0) is 105 Å². The third-order valence-electron chi connectivity index (χ3n) is 7.48. The molecule has 0 amide bonds. The molecule has 7 nitrogen and oxygen atoms in total. The monoisotopic (exact) mass is 491 g/mol. The van der Waals surface area contributed by atoms with Gasteiger partial charge in [-0.3, -0.25) is 14.8 Å². The van der Waals surface area contributed by atoms with Crippen molar-refractivity contribution in [2.24, 2.45) is 11.8 Å². The predicted octanol–water partition coefficient (Wildman–Crippen LogP) is 4.89. The van der Waals surface area contributed by atoms with Crippen LogP contribution in [0.25, 0.3) is 10.9 Å². The third kappa shape index (κ3) is 7.02. The Kier molecular flexibility index (Phi) is 9.25. The number of aliphatic carboxylic acids is 1. The first-order chi connectivity index (χ1) is 17.5. The highest BCUT2D eigenvalue weighted by molar-refractivity contribution is 5.83. The second-order valence-electron chi connectivity index (χ2n) is 9.90. The summed E-state index contributed by atoms with van der Waals surface area (Å²) >= 11 is 0. The number of rotatable bonds is 12. The summed E-state index contributed by atoms with van der Waals surface area (Å²) in [5.41, 5.74) is 2.94. The van der Waals surface area contributed by atoms with Gasteiger partial charge in [0.2, 0.25) is 0 Å². The Balaban J connectivity index is 1.31. The van der Waals surface area contributed by atoms with E-state index in [4.69, 9.17) is 4.74 Å². The minimum Gasteiger partial charge on any atom is -0.497 e. The molecule has 7 heteroatoms. The smallest absolute Gasteiger partial charge is 0.303 e. The van der Waals surface area contributed by atoms with E-state index < -0.39 is 12.1 Å². The molecule has 2 N–H and O–H groups in total. The van der Waals surface area contributed by atoms with Crippen LogP contribution in [0, 0.1) is 11.8 Å². The van der Waals surface area contributed by atoms with Gasteiger partial charge in [-0.25, -0.2) is 0 Å². The highest BCUT2D eigenvalue weighted by Gasteiger charge is 2.31. The molecule has 192 valence electrons. The first kappa shape index (κ1) is 26.0. The van der Waals surface area contributed by atoms with Gasteiger partial charge in [0.25, 0.3) is 0 Å². The molecule has 0 aliphatic carbocycles. The highest BCUT2D eigenvalue weighted by Crippen LogP contribution is 2.34. The molecule has 1 unspecified atom stereocenters. The Hall–Kier alpha value is -3.03. The fraction of sp³-hybridized carbons (Fsp3) is 0.483. The van der Waals surface area contributed by atoms with Crippen molar-refractivity contribution in [1.29, 1.82) is 0 Å². The van der Waals surface area contributed by atoms with E-state index in [1.54, 1.807) is 19.5 Å². The number of aromatic nitrogens is 2. The van der Waals surface area contributed by atoms with Crippen LogP contribution in [0.2, 0.25) is 0 Å². The molecule has 1 aromatic carbocycles. The van der Waals surface area contributed by atoms with Gasteiger partial charge < -0.3 is 19.8 Å². The third-order valence-corrected chi connectivity index (χ3v) is 7.48. The second kappa shape index (κ2) is 12.8. The average Bonchev–Trinajstić information content (AvgIpc) is 2.90. The first-order valence-electron chi connectivity index (χ1n) is 13.0. The second-order valence-corrected chi connectivity index (χ2v) is 9.90. The number of aliphatic hydroxyl groups excluding tert-OH is 1. The number of aryl methyl sites for hydroxylation is 1. The van der Waals surface area contributed by atoms with E-state index in [9.17, 15) is 15.0 Å². The first-order valence-corrected chi connectivity index (χ1v) is 13.0. The van der Waals surface area contributed by atoms with Crippen LogP contribution < -0.4 is 4.74 Å². The van der Waals surface area contributed by atoms with Crippen LogP contribution in [0.1, 0.15) is 55.8 Å². The molecule has 3 aromatic rings. The minimum atomic E-state index is -0.740. The number of methoxy groups -OCH3 is 1. The summed E-state index contributed by atoms with van der Waals surface area (Å²) in [5.74, 6) is 0.399. The number of fused-ring (bicyclic) bond motifs is 1. The summed E-state index contributed by atoms with van der Waals surface area (Å²) in [4.78, 5) is 22.6. The lowest BCUT2D eigenvalue weighted by Crippen LogP contribution is -2.41. The standard InChI is InChI=1S/C29H37N3O4/c1-36-24-8-9-27-26(18-24)25(11-14-31-27)28(33)10-7-22-12-16-32(20-23(22)17-29(34)35)15-3-2-5-21-6-4-13-30-19-21/h4,6,8-9,11,13-14,18-19,22-23,28,33H,2-3,5,7,10,12,15-17,20H2,1H3,(H,34,35)/t22-,23+,28?/m1/s1. The van der Waals surface area contributed by atoms with Gasteiger partial charge in [0.15, 0.2) is 0 Å². The number of carboxylic acids is 1. The zero-order chi connectivity index (χ0) is 25.3. The maximum atomic E-state index is 11.6. The molecule has 1 fully saturated rings. The molecule has 36 heavy (non-hydrogen) atoms. The van der Waals surface area contributed by atoms with Crippen molar-refractivity contribution in [1.82, 2.24) is 14.9 Å². The van der Waals surface area contributed by atoms with Crippen LogP contribution in [-0.4, -0.2) is 57.8 Å². The number of nitrogens with zero attached hydrogens (tertiary/aromatic N) is 3. The Morgan fingerprint density at radius 2 is 2.08 bits per heavy atom. The summed E-state index contributed by atoms with van der Waals surface area (Å²) in [6, 6.07) is 11.6. The number of pyridine rings is 2. The normalized spacial score (nSPS) is 19.3. The average molecular weight is 492 g/mol. The molecule has 0 saturated carbocycles. The number of benzene rings is 1. The molecule has 0 bridgehead atoms. The number of carbonyl (C=O) groups is 1. The van der Waals surface area contributed by atoms with E-state index in [1.807, 2.05) is 36.5 Å². The van der Waals surface area contributed by atoms with E-state index >= 15 is 0 Å². The van der Waals surface area contributed by atoms with Crippen LogP contribution in [-0.2, 0) is 11.2 Å². The molecule has 1 aliphatic rings. The van der Waals surface area contributed by atoms with Crippen molar-refractivity contribution in [3.63, 3.8) is 0 Å². The van der Waals surface area contributed by atoms with E-state index in [0.717, 1.165) is 74.0 Å². The molecular formula is C29H37N3O4. The molecule has 1 aliphatic heterocycles. The Morgan fingerprint density at radius 3 is 2.86 bits per heavy atom. The van der Waals surface area contributed by atoms with Gasteiger partial charge in [-0.1, -0.05) is 6.07 Å². The quantitative estimate of drug-likeness (QED) is 0.348. The van der Waals surface area contributed by atoms with Crippen LogP contribution in [0.3, 0.4) is 0 Å². The van der Waals surface area contributed by atoms with E-state index in [0.29, 0.717) is 12.3 Å². The highest BCUT2D eigenvalue weighted by atomic mass is 16.5. The number of hydrogen-bond acceptors (Lipinski definition) is 6. The number of aliphatic hydroxyl groups is 1. The predicted molar refractivity (Wildman–Crippen MR) is 140 cm³/mol.